The Kier molecular flexibility index (Phi) is 2.75. The number of nitrogen functional groups attached to an aromatic ring is 1. The summed E-state index contributed by atoms with van der Waals surface area (Å²) in [5, 5.41) is 3.61. The molecule has 4 N–H and O–H groups in total. The normalized spacial score (nSPS) is 11.3. The summed E-state index contributed by atoms with van der Waals surface area (Å²) in [6.07, 6.45) is 0. The van der Waals surface area contributed by atoms with Gasteiger partial charge in [0.15, 0.2) is 5.13 Å². The number of amides is 1. The maximum absolute atomic E-state index is 10.8. The van der Waals surface area contributed by atoms with E-state index in [1.165, 1.54) is 7.11 Å². The van der Waals surface area contributed by atoms with E-state index in [9.17, 15) is 4.79 Å². The summed E-state index contributed by atoms with van der Waals surface area (Å²) in [6.45, 7) is 0. The minimum Gasteiger partial charge on any atom is -0.398 e. The Labute approximate surface area is 77.6 Å². The van der Waals surface area contributed by atoms with Crippen LogP contribution in [0.2, 0.25) is 0 Å². The number of carbonyl (C=O) groups excluding carboxylic acids is 1. The van der Waals surface area contributed by atoms with Crippen LogP contribution >= 0.6 is 11.5 Å². The molecule has 1 aromatic rings. The first-order valence-electron chi connectivity index (χ1n) is 3.15. The highest BCUT2D eigenvalue weighted by Crippen LogP contribution is 2.06. The lowest BCUT2D eigenvalue weighted by molar-refractivity contribution is -0.112. The van der Waals surface area contributed by atoms with Crippen LogP contribution < -0.4 is 11.5 Å². The fraction of sp³-hybridized carbons (Fsp3) is 0.200. The van der Waals surface area contributed by atoms with E-state index in [0.29, 0.717) is 0 Å². The molecule has 7 nitrogen and oxygen atoms in total. The van der Waals surface area contributed by atoms with Gasteiger partial charge in [0.2, 0.25) is 11.5 Å². The largest absolute Gasteiger partial charge is 0.398 e. The van der Waals surface area contributed by atoms with E-state index < -0.39 is 5.91 Å². The number of hydrogen-bond donors (Lipinski definition) is 2. The Morgan fingerprint density at radius 2 is 2.38 bits per heavy atom. The second-order valence-corrected chi connectivity index (χ2v) is 2.73. The molecule has 13 heavy (non-hydrogen) atoms. The van der Waals surface area contributed by atoms with Crippen molar-refractivity contribution in [1.29, 1.82) is 0 Å². The number of aromatic nitrogens is 2. The topological polar surface area (TPSA) is 116 Å². The Balaban J connectivity index is 3.02. The summed E-state index contributed by atoms with van der Waals surface area (Å²) >= 11 is 0.948. The molecule has 0 atom stereocenters. The van der Waals surface area contributed by atoms with Crippen molar-refractivity contribution in [2.45, 2.75) is 0 Å². The number of nitrogens with two attached hydrogens (primary N) is 2. The Hall–Kier alpha value is -1.70. The van der Waals surface area contributed by atoms with Gasteiger partial charge in [0.1, 0.15) is 7.11 Å². The fourth-order valence-electron chi connectivity index (χ4n) is 0.619. The van der Waals surface area contributed by atoms with Crippen molar-refractivity contribution in [1.82, 2.24) is 9.36 Å². The summed E-state index contributed by atoms with van der Waals surface area (Å²) < 4.78 is 3.75. The zero-order valence-electron chi connectivity index (χ0n) is 6.72. The molecule has 0 aliphatic heterocycles. The summed E-state index contributed by atoms with van der Waals surface area (Å²) in [4.78, 5) is 18.9. The van der Waals surface area contributed by atoms with Crippen molar-refractivity contribution in [2.24, 2.45) is 10.9 Å². The SMILES string of the molecule is CO/N=C(/C(N)=O)c1nsc(N)n1. The third-order valence-electron chi connectivity index (χ3n) is 1.07. The highest BCUT2D eigenvalue weighted by Gasteiger charge is 2.16. The predicted octanol–water partition coefficient (Wildman–Crippen LogP) is -1.04. The van der Waals surface area contributed by atoms with E-state index in [1.807, 2.05) is 0 Å². The third kappa shape index (κ3) is 2.12. The monoisotopic (exact) mass is 201 g/mol. The van der Waals surface area contributed by atoms with Gasteiger partial charge in [0, 0.05) is 11.5 Å². The second kappa shape index (κ2) is 3.81. The number of hydrogen-bond acceptors (Lipinski definition) is 7. The van der Waals surface area contributed by atoms with Crippen LogP contribution in [-0.4, -0.2) is 28.1 Å². The lowest BCUT2D eigenvalue weighted by Crippen LogP contribution is -2.25. The molecule has 1 heterocycles. The van der Waals surface area contributed by atoms with Crippen molar-refractivity contribution >= 4 is 28.3 Å². The number of nitrogens with zero attached hydrogens (tertiary/aromatic N) is 3. The van der Waals surface area contributed by atoms with Crippen molar-refractivity contribution in [3.63, 3.8) is 0 Å². The number of carbonyl (C=O) groups is 1. The average molecular weight is 201 g/mol. The molecule has 1 rings (SSSR count). The van der Waals surface area contributed by atoms with Gasteiger partial charge in [0.25, 0.3) is 5.91 Å². The maximum Gasteiger partial charge on any atom is 0.274 e. The predicted molar refractivity (Wildman–Crippen MR) is 47.1 cm³/mol. The molecule has 1 aromatic heterocycles. The Bertz CT molecular complexity index is 346. The van der Waals surface area contributed by atoms with Crippen molar-refractivity contribution in [3.8, 4) is 0 Å². The molecule has 0 spiro atoms. The molecule has 0 saturated heterocycles. The van der Waals surface area contributed by atoms with Crippen molar-refractivity contribution < 1.29 is 9.63 Å². The van der Waals surface area contributed by atoms with Gasteiger partial charge in [-0.1, -0.05) is 5.16 Å². The number of anilines is 1. The van der Waals surface area contributed by atoms with Gasteiger partial charge in [-0.25, -0.2) is 0 Å². The number of primary amides is 1. The molecule has 8 heteroatoms. The van der Waals surface area contributed by atoms with Crippen LogP contribution in [-0.2, 0) is 9.63 Å². The quantitative estimate of drug-likeness (QED) is 0.478. The first-order valence-corrected chi connectivity index (χ1v) is 3.93. The third-order valence-corrected chi connectivity index (χ3v) is 1.61. The molecule has 1 amide bonds. The van der Waals surface area contributed by atoms with E-state index in [-0.39, 0.29) is 16.7 Å². The molecule has 0 radical (unpaired) electrons. The molecule has 0 fully saturated rings. The van der Waals surface area contributed by atoms with E-state index >= 15 is 0 Å². The highest BCUT2D eigenvalue weighted by atomic mass is 32.1. The van der Waals surface area contributed by atoms with Crippen molar-refractivity contribution in [2.75, 3.05) is 12.8 Å². The number of rotatable bonds is 3. The lowest BCUT2D eigenvalue weighted by atomic mass is 10.3. The Morgan fingerprint density at radius 1 is 1.69 bits per heavy atom. The van der Waals surface area contributed by atoms with Gasteiger partial charge >= 0.3 is 0 Å². The molecular weight excluding hydrogens is 194 g/mol. The van der Waals surface area contributed by atoms with E-state index in [2.05, 4.69) is 19.4 Å². The maximum atomic E-state index is 10.8. The first kappa shape index (κ1) is 9.39. The van der Waals surface area contributed by atoms with E-state index in [1.54, 1.807) is 0 Å². The molecule has 0 aliphatic rings. The minimum absolute atomic E-state index is 0.0804. The van der Waals surface area contributed by atoms with Crippen LogP contribution in [0.25, 0.3) is 0 Å². The van der Waals surface area contributed by atoms with Crippen molar-refractivity contribution in [3.05, 3.63) is 5.82 Å². The van der Waals surface area contributed by atoms with Crippen LogP contribution in [0.15, 0.2) is 5.16 Å². The molecule has 0 bridgehead atoms. The lowest BCUT2D eigenvalue weighted by Gasteiger charge is -1.93. The van der Waals surface area contributed by atoms with Crippen LogP contribution in [0.3, 0.4) is 0 Å². The van der Waals surface area contributed by atoms with E-state index in [0.717, 1.165) is 11.5 Å². The molecule has 0 unspecified atom stereocenters. The van der Waals surface area contributed by atoms with Crippen LogP contribution in [0.5, 0.6) is 0 Å². The highest BCUT2D eigenvalue weighted by molar-refractivity contribution is 7.09. The van der Waals surface area contributed by atoms with Gasteiger partial charge in [0.05, 0.1) is 0 Å². The first-order chi connectivity index (χ1) is 6.15. The summed E-state index contributed by atoms with van der Waals surface area (Å²) in [6, 6.07) is 0. The molecule has 70 valence electrons. The molecule has 0 saturated carbocycles. The molecule has 0 aromatic carbocycles. The van der Waals surface area contributed by atoms with Crippen LogP contribution in [0, 0.1) is 0 Å². The van der Waals surface area contributed by atoms with Crippen LogP contribution in [0.4, 0.5) is 5.13 Å². The zero-order valence-corrected chi connectivity index (χ0v) is 7.54. The molecular formula is C5H7N5O2S. The smallest absolute Gasteiger partial charge is 0.274 e. The van der Waals surface area contributed by atoms with Gasteiger partial charge in [-0.2, -0.15) is 9.36 Å². The molecule has 0 aliphatic carbocycles. The van der Waals surface area contributed by atoms with Crippen LogP contribution in [0.1, 0.15) is 5.82 Å². The summed E-state index contributed by atoms with van der Waals surface area (Å²) in [7, 11) is 1.29. The number of oxime groups is 1. The van der Waals surface area contributed by atoms with Gasteiger partial charge in [-0.15, -0.1) is 0 Å². The average Bonchev–Trinajstić information content (AvgIpc) is 2.46. The summed E-state index contributed by atoms with van der Waals surface area (Å²) in [5.74, 6) is -0.684. The summed E-state index contributed by atoms with van der Waals surface area (Å²) in [5.41, 5.74) is 10.2. The van der Waals surface area contributed by atoms with E-state index in [4.69, 9.17) is 11.5 Å². The van der Waals surface area contributed by atoms with Gasteiger partial charge in [-0.3, -0.25) is 4.79 Å². The minimum atomic E-state index is -0.764. The fourth-order valence-corrected chi connectivity index (χ4v) is 1.05. The van der Waals surface area contributed by atoms with Gasteiger partial charge in [-0.05, 0) is 0 Å². The van der Waals surface area contributed by atoms with Gasteiger partial charge < -0.3 is 16.3 Å². The second-order valence-electron chi connectivity index (χ2n) is 1.94. The Morgan fingerprint density at radius 3 is 2.77 bits per heavy atom. The zero-order chi connectivity index (χ0) is 9.84. The standard InChI is InChI=1S/C5H7N5O2S/c1-12-9-2(3(6)11)4-8-5(7)13-10-4/h1H3,(H2,6,11)(H2,7,8,10)/b9-2-.